The second kappa shape index (κ2) is 5.26. The number of rotatable bonds is 2. The highest BCUT2D eigenvalue weighted by atomic mass is 16.5. The molecule has 2 aliphatic rings. The van der Waals surface area contributed by atoms with Crippen LogP contribution in [0, 0.1) is 5.92 Å². The van der Waals surface area contributed by atoms with Crippen LogP contribution in [0.25, 0.3) is 0 Å². The summed E-state index contributed by atoms with van der Waals surface area (Å²) in [6.07, 6.45) is 1.76. The fourth-order valence-corrected chi connectivity index (χ4v) is 2.83. The van der Waals surface area contributed by atoms with Crippen LogP contribution in [0.15, 0.2) is 0 Å². The number of ether oxygens (including phenoxy) is 1. The zero-order valence-corrected chi connectivity index (χ0v) is 11.0. The van der Waals surface area contributed by atoms with Gasteiger partial charge < -0.3 is 14.7 Å². The molecule has 0 radical (unpaired) electrons. The number of hydrogen-bond donors (Lipinski definition) is 1. The summed E-state index contributed by atoms with van der Waals surface area (Å²) in [6, 6.07) is 0.221. The van der Waals surface area contributed by atoms with E-state index in [9.17, 15) is 9.59 Å². The number of aliphatic carboxylic acids is 1. The lowest BCUT2D eigenvalue weighted by molar-refractivity contribution is -0.156. The van der Waals surface area contributed by atoms with Gasteiger partial charge in [-0.1, -0.05) is 6.92 Å². The van der Waals surface area contributed by atoms with E-state index >= 15 is 0 Å². The minimum Gasteiger partial charge on any atom is -0.479 e. The molecule has 102 valence electrons. The Bertz CT molecular complexity index is 344. The summed E-state index contributed by atoms with van der Waals surface area (Å²) in [5.74, 6) is -0.498. The Labute approximate surface area is 107 Å². The number of piperidine rings is 1. The van der Waals surface area contributed by atoms with Crippen LogP contribution in [-0.4, -0.2) is 46.7 Å². The van der Waals surface area contributed by atoms with Gasteiger partial charge in [-0.25, -0.2) is 4.79 Å². The highest BCUT2D eigenvalue weighted by Crippen LogP contribution is 2.27. The lowest BCUT2D eigenvalue weighted by atomic mass is 9.91. The van der Waals surface area contributed by atoms with Crippen LogP contribution in [0.3, 0.4) is 0 Å². The van der Waals surface area contributed by atoms with E-state index in [-0.39, 0.29) is 11.9 Å². The third kappa shape index (κ3) is 2.51. The second-order valence-corrected chi connectivity index (χ2v) is 5.42. The molecule has 1 N–H and O–H groups in total. The van der Waals surface area contributed by atoms with Gasteiger partial charge in [0.2, 0.25) is 0 Å². The average molecular weight is 255 g/mol. The Kier molecular flexibility index (Phi) is 3.90. The molecule has 1 amide bonds. The van der Waals surface area contributed by atoms with E-state index in [1.807, 2.05) is 4.90 Å². The van der Waals surface area contributed by atoms with E-state index in [1.54, 1.807) is 0 Å². The van der Waals surface area contributed by atoms with Crippen molar-refractivity contribution < 1.29 is 19.4 Å². The molecule has 2 heterocycles. The minimum atomic E-state index is -0.967. The number of carbonyl (C=O) groups is 2. The third-order valence-corrected chi connectivity index (χ3v) is 4.23. The molecule has 2 rings (SSSR count). The number of carboxylic acids is 1. The monoisotopic (exact) mass is 255 g/mol. The van der Waals surface area contributed by atoms with Crippen molar-refractivity contribution in [2.45, 2.75) is 57.8 Å². The van der Waals surface area contributed by atoms with Gasteiger partial charge in [-0.2, -0.15) is 0 Å². The summed E-state index contributed by atoms with van der Waals surface area (Å²) >= 11 is 0. The van der Waals surface area contributed by atoms with Gasteiger partial charge in [-0.05, 0) is 38.5 Å². The number of carbonyl (C=O) groups excluding carboxylic acids is 1. The first kappa shape index (κ1) is 13.3. The van der Waals surface area contributed by atoms with E-state index in [0.717, 1.165) is 19.4 Å². The molecule has 5 heteroatoms. The van der Waals surface area contributed by atoms with E-state index in [4.69, 9.17) is 9.84 Å². The van der Waals surface area contributed by atoms with Crippen molar-refractivity contribution in [2.75, 3.05) is 6.54 Å². The van der Waals surface area contributed by atoms with Gasteiger partial charge in [0.05, 0.1) is 0 Å². The molecule has 2 aliphatic heterocycles. The first-order valence-electron chi connectivity index (χ1n) is 6.69. The quantitative estimate of drug-likeness (QED) is 0.806. The molecule has 0 aliphatic carbocycles. The lowest BCUT2D eigenvalue weighted by Gasteiger charge is -2.39. The number of nitrogens with zero attached hydrogens (tertiary/aromatic N) is 1. The Morgan fingerprint density at radius 3 is 2.44 bits per heavy atom. The maximum atomic E-state index is 12.3. The molecule has 0 bridgehead atoms. The predicted octanol–water partition coefficient (Wildman–Crippen LogP) is 1.27. The Balaban J connectivity index is 1.97. The average Bonchev–Trinajstić information content (AvgIpc) is 2.81. The number of likely N-dealkylation sites (tertiary alicyclic amines) is 1. The van der Waals surface area contributed by atoms with Crippen LogP contribution in [0.4, 0.5) is 0 Å². The summed E-state index contributed by atoms with van der Waals surface area (Å²) < 4.78 is 5.33. The molecule has 0 spiro atoms. The van der Waals surface area contributed by atoms with Crippen LogP contribution >= 0.6 is 0 Å². The second-order valence-electron chi connectivity index (χ2n) is 5.42. The van der Waals surface area contributed by atoms with Crippen molar-refractivity contribution in [1.82, 2.24) is 4.90 Å². The highest BCUT2D eigenvalue weighted by Gasteiger charge is 2.39. The van der Waals surface area contributed by atoms with Gasteiger partial charge in [0.25, 0.3) is 5.91 Å². The van der Waals surface area contributed by atoms with Crippen molar-refractivity contribution in [1.29, 1.82) is 0 Å². The van der Waals surface area contributed by atoms with Gasteiger partial charge in [0.1, 0.15) is 6.10 Å². The van der Waals surface area contributed by atoms with E-state index in [0.29, 0.717) is 18.8 Å². The zero-order chi connectivity index (χ0) is 13.3. The van der Waals surface area contributed by atoms with Crippen LogP contribution in [-0.2, 0) is 14.3 Å². The molecule has 2 unspecified atom stereocenters. The number of hydrogen-bond acceptors (Lipinski definition) is 3. The van der Waals surface area contributed by atoms with Gasteiger partial charge in [-0.3, -0.25) is 4.79 Å². The fraction of sp³-hybridized carbons (Fsp3) is 0.846. The van der Waals surface area contributed by atoms with Crippen LogP contribution in [0.5, 0.6) is 0 Å². The smallest absolute Gasteiger partial charge is 0.332 e. The zero-order valence-electron chi connectivity index (χ0n) is 11.0. The molecular weight excluding hydrogens is 234 g/mol. The molecule has 2 saturated heterocycles. The normalized spacial score (nSPS) is 36.7. The van der Waals surface area contributed by atoms with Gasteiger partial charge in [0.15, 0.2) is 6.10 Å². The first-order valence-corrected chi connectivity index (χ1v) is 6.69. The molecule has 0 saturated carbocycles. The topological polar surface area (TPSA) is 66.8 Å². The van der Waals surface area contributed by atoms with Crippen LogP contribution in [0.1, 0.15) is 39.5 Å². The highest BCUT2D eigenvalue weighted by molar-refractivity contribution is 5.83. The molecule has 18 heavy (non-hydrogen) atoms. The molecule has 0 aromatic heterocycles. The SMILES string of the molecule is CC1CCCN(C(=O)[C@@H]2CC[C@H](C(=O)O)O2)C1C. The summed E-state index contributed by atoms with van der Waals surface area (Å²) in [7, 11) is 0. The van der Waals surface area contributed by atoms with Crippen LogP contribution in [0.2, 0.25) is 0 Å². The lowest BCUT2D eigenvalue weighted by Crippen LogP contribution is -2.50. The van der Waals surface area contributed by atoms with Gasteiger partial charge in [-0.15, -0.1) is 0 Å². The number of amides is 1. The third-order valence-electron chi connectivity index (χ3n) is 4.23. The number of carboxylic acid groups (broad SMARTS) is 1. The van der Waals surface area contributed by atoms with Crippen molar-refractivity contribution >= 4 is 11.9 Å². The molecule has 4 atom stereocenters. The summed E-state index contributed by atoms with van der Waals surface area (Å²) in [5, 5.41) is 8.87. The maximum Gasteiger partial charge on any atom is 0.332 e. The largest absolute Gasteiger partial charge is 0.479 e. The molecule has 0 aromatic carbocycles. The molecule has 5 nitrogen and oxygen atoms in total. The minimum absolute atomic E-state index is 0.0298. The summed E-state index contributed by atoms with van der Waals surface area (Å²) in [6.45, 7) is 4.98. The van der Waals surface area contributed by atoms with E-state index in [1.165, 1.54) is 0 Å². The Hall–Kier alpha value is -1.10. The summed E-state index contributed by atoms with van der Waals surface area (Å²) in [4.78, 5) is 25.0. The summed E-state index contributed by atoms with van der Waals surface area (Å²) in [5.41, 5.74) is 0. The standard InChI is InChI=1S/C13H21NO4/c1-8-4-3-7-14(9(8)2)12(15)10-5-6-11(18-10)13(16)17/h8-11H,3-7H2,1-2H3,(H,16,17)/t8?,9?,10-,11+/m0/s1. The van der Waals surface area contributed by atoms with Gasteiger partial charge >= 0.3 is 5.97 Å². The predicted molar refractivity (Wildman–Crippen MR) is 65.1 cm³/mol. The van der Waals surface area contributed by atoms with Crippen LogP contribution < -0.4 is 0 Å². The molecular formula is C13H21NO4. The van der Waals surface area contributed by atoms with Crippen molar-refractivity contribution in [3.63, 3.8) is 0 Å². The van der Waals surface area contributed by atoms with Gasteiger partial charge in [0, 0.05) is 12.6 Å². The maximum absolute atomic E-state index is 12.3. The molecule has 2 fully saturated rings. The van der Waals surface area contributed by atoms with Crippen molar-refractivity contribution in [2.24, 2.45) is 5.92 Å². The van der Waals surface area contributed by atoms with E-state index < -0.39 is 18.2 Å². The van der Waals surface area contributed by atoms with E-state index in [2.05, 4.69) is 13.8 Å². The Morgan fingerprint density at radius 2 is 1.83 bits per heavy atom. The molecule has 0 aromatic rings. The first-order chi connectivity index (χ1) is 8.50. The Morgan fingerprint density at radius 1 is 1.17 bits per heavy atom. The van der Waals surface area contributed by atoms with Crippen molar-refractivity contribution in [3.05, 3.63) is 0 Å². The van der Waals surface area contributed by atoms with Crippen molar-refractivity contribution in [3.8, 4) is 0 Å². The fourth-order valence-electron chi connectivity index (χ4n) is 2.83.